The standard InChI is InChI=1S/C28H35BN4O5S/c1-17(2)32-19(4)22(15-30-32)24-14-21-23(29-37-27(5,6)28(7,8)38-29)16-31(9)26(34)25(21)33(24)39(35,36)20-12-10-18(3)11-13-20/h10-17H,1-9H3. The summed E-state index contributed by atoms with van der Waals surface area (Å²) in [4.78, 5) is 13.8. The van der Waals surface area contributed by atoms with Crippen molar-refractivity contribution in [2.45, 2.75) is 77.5 Å². The van der Waals surface area contributed by atoms with Crippen LogP contribution < -0.4 is 11.0 Å². The predicted octanol–water partition coefficient (Wildman–Crippen LogP) is 3.94. The third-order valence-electron chi connectivity index (χ3n) is 8.00. The van der Waals surface area contributed by atoms with E-state index in [4.69, 9.17) is 9.31 Å². The quantitative estimate of drug-likeness (QED) is 0.350. The number of benzene rings is 1. The Morgan fingerprint density at radius 3 is 2.13 bits per heavy atom. The Balaban J connectivity index is 1.88. The molecule has 1 aliphatic rings. The average Bonchev–Trinajstić information content (AvgIpc) is 3.48. The van der Waals surface area contributed by atoms with E-state index in [1.807, 2.05) is 60.1 Å². The molecule has 0 aliphatic carbocycles. The number of nitrogens with zero attached hydrogens (tertiary/aromatic N) is 4. The first-order chi connectivity index (χ1) is 18.1. The van der Waals surface area contributed by atoms with Gasteiger partial charge in [-0.1, -0.05) is 17.7 Å². The normalized spacial score (nSPS) is 17.0. The zero-order valence-corrected chi connectivity index (χ0v) is 24.8. The fourth-order valence-corrected chi connectivity index (χ4v) is 6.54. The maximum Gasteiger partial charge on any atom is 0.497 e. The lowest BCUT2D eigenvalue weighted by atomic mass is 9.78. The van der Waals surface area contributed by atoms with E-state index in [1.165, 1.54) is 8.54 Å². The van der Waals surface area contributed by atoms with Crippen LogP contribution in [0.2, 0.25) is 0 Å². The molecule has 1 aliphatic heterocycles. The Morgan fingerprint density at radius 1 is 1.00 bits per heavy atom. The molecule has 0 amide bonds. The lowest BCUT2D eigenvalue weighted by Gasteiger charge is -2.32. The molecular weight excluding hydrogens is 515 g/mol. The van der Waals surface area contributed by atoms with Crippen molar-refractivity contribution in [1.29, 1.82) is 0 Å². The Hall–Kier alpha value is -3.15. The number of fused-ring (bicyclic) bond motifs is 1. The fraction of sp³-hybridized carbons (Fsp3) is 0.429. The number of hydrogen-bond donors (Lipinski definition) is 0. The molecule has 0 N–H and O–H groups in total. The molecule has 0 saturated carbocycles. The summed E-state index contributed by atoms with van der Waals surface area (Å²) in [5, 5.41) is 4.98. The van der Waals surface area contributed by atoms with Crippen molar-refractivity contribution in [3.63, 3.8) is 0 Å². The molecule has 206 valence electrons. The van der Waals surface area contributed by atoms with Crippen LogP contribution in [0.15, 0.2) is 52.4 Å². The highest BCUT2D eigenvalue weighted by Crippen LogP contribution is 2.38. The third kappa shape index (κ3) is 4.18. The zero-order valence-electron chi connectivity index (χ0n) is 23.9. The first kappa shape index (κ1) is 27.4. The van der Waals surface area contributed by atoms with Crippen molar-refractivity contribution in [2.24, 2.45) is 7.05 Å². The van der Waals surface area contributed by atoms with Gasteiger partial charge in [-0.05, 0) is 73.6 Å². The summed E-state index contributed by atoms with van der Waals surface area (Å²) in [6.45, 7) is 15.6. The van der Waals surface area contributed by atoms with E-state index < -0.39 is 33.9 Å². The van der Waals surface area contributed by atoms with Gasteiger partial charge in [-0.25, -0.2) is 12.4 Å². The van der Waals surface area contributed by atoms with Crippen LogP contribution in [0.5, 0.6) is 0 Å². The average molecular weight is 550 g/mol. The summed E-state index contributed by atoms with van der Waals surface area (Å²) < 4.78 is 45.7. The third-order valence-corrected chi connectivity index (χ3v) is 9.73. The highest BCUT2D eigenvalue weighted by Gasteiger charge is 2.52. The van der Waals surface area contributed by atoms with E-state index >= 15 is 0 Å². The van der Waals surface area contributed by atoms with Gasteiger partial charge in [-0.15, -0.1) is 0 Å². The Labute approximate surface area is 229 Å². The molecule has 0 unspecified atom stereocenters. The molecule has 0 spiro atoms. The SMILES string of the molecule is Cc1ccc(S(=O)(=O)n2c(-c3cnn(C(C)C)c3C)cc3c(B4OC(C)(C)C(C)(C)O4)cn(C)c(=O)c32)cc1. The molecule has 0 bridgehead atoms. The molecular formula is C28H35BN4O5S. The Bertz CT molecular complexity index is 1750. The second kappa shape index (κ2) is 8.94. The Kier molecular flexibility index (Phi) is 6.28. The van der Waals surface area contributed by atoms with E-state index in [2.05, 4.69) is 5.10 Å². The second-order valence-electron chi connectivity index (χ2n) is 11.6. The minimum Gasteiger partial charge on any atom is -0.399 e. The fourth-order valence-electron chi connectivity index (χ4n) is 5.03. The molecule has 1 saturated heterocycles. The van der Waals surface area contributed by atoms with Gasteiger partial charge >= 0.3 is 7.12 Å². The van der Waals surface area contributed by atoms with Crippen molar-refractivity contribution in [3.8, 4) is 11.3 Å². The molecule has 5 rings (SSSR count). The van der Waals surface area contributed by atoms with Gasteiger partial charge in [0.05, 0.1) is 28.0 Å². The van der Waals surface area contributed by atoms with Crippen molar-refractivity contribution in [1.82, 2.24) is 18.3 Å². The maximum atomic E-state index is 14.3. The highest BCUT2D eigenvalue weighted by atomic mass is 32.2. The molecule has 4 heterocycles. The molecule has 4 aromatic rings. The lowest BCUT2D eigenvalue weighted by molar-refractivity contribution is 0.00578. The topological polar surface area (TPSA) is 97.3 Å². The van der Waals surface area contributed by atoms with Crippen LogP contribution in [0.4, 0.5) is 0 Å². The van der Waals surface area contributed by atoms with Crippen molar-refractivity contribution in [2.75, 3.05) is 0 Å². The van der Waals surface area contributed by atoms with Gasteiger partial charge in [0.25, 0.3) is 15.6 Å². The van der Waals surface area contributed by atoms with Crippen molar-refractivity contribution < 1.29 is 17.7 Å². The number of pyridine rings is 1. The van der Waals surface area contributed by atoms with Gasteiger partial charge in [0, 0.05) is 41.4 Å². The monoisotopic (exact) mass is 550 g/mol. The summed E-state index contributed by atoms with van der Waals surface area (Å²) in [5.74, 6) is 0. The molecule has 39 heavy (non-hydrogen) atoms. The van der Waals surface area contributed by atoms with E-state index in [1.54, 1.807) is 49.8 Å². The molecule has 0 radical (unpaired) electrons. The van der Waals surface area contributed by atoms with Crippen LogP contribution in [0, 0.1) is 13.8 Å². The zero-order chi connectivity index (χ0) is 28.7. The number of hydrogen-bond acceptors (Lipinski definition) is 6. The maximum absolute atomic E-state index is 14.3. The van der Waals surface area contributed by atoms with Crippen molar-refractivity contribution >= 4 is 33.5 Å². The predicted molar refractivity (Wildman–Crippen MR) is 153 cm³/mol. The van der Waals surface area contributed by atoms with E-state index in [0.717, 1.165) is 11.3 Å². The van der Waals surface area contributed by atoms with Gasteiger partial charge in [0.1, 0.15) is 5.52 Å². The smallest absolute Gasteiger partial charge is 0.399 e. The Morgan fingerprint density at radius 2 is 1.59 bits per heavy atom. The molecule has 0 atom stereocenters. The molecule has 3 aromatic heterocycles. The van der Waals surface area contributed by atoms with Crippen LogP contribution in [0.3, 0.4) is 0 Å². The van der Waals surface area contributed by atoms with Gasteiger partial charge < -0.3 is 13.9 Å². The van der Waals surface area contributed by atoms with Gasteiger partial charge in [0.2, 0.25) is 0 Å². The first-order valence-corrected chi connectivity index (χ1v) is 14.5. The molecule has 11 heteroatoms. The number of aromatic nitrogens is 4. The lowest BCUT2D eigenvalue weighted by Crippen LogP contribution is -2.41. The minimum absolute atomic E-state index is 0.0389. The molecule has 1 fully saturated rings. The summed E-state index contributed by atoms with van der Waals surface area (Å²) in [6.07, 6.45) is 3.33. The molecule has 1 aromatic carbocycles. The van der Waals surface area contributed by atoms with Gasteiger partial charge in [-0.2, -0.15) is 5.10 Å². The first-order valence-electron chi connectivity index (χ1n) is 13.0. The molecule has 9 nitrogen and oxygen atoms in total. The van der Waals surface area contributed by atoms with Gasteiger partial charge in [0.15, 0.2) is 0 Å². The van der Waals surface area contributed by atoms with Crippen LogP contribution in [0.1, 0.15) is 58.8 Å². The second-order valence-corrected chi connectivity index (χ2v) is 13.4. The van der Waals surface area contributed by atoms with Crippen LogP contribution in [0.25, 0.3) is 22.2 Å². The van der Waals surface area contributed by atoms with Gasteiger partial charge in [-0.3, -0.25) is 9.48 Å². The summed E-state index contributed by atoms with van der Waals surface area (Å²) in [6, 6.07) is 8.43. The van der Waals surface area contributed by atoms with Crippen LogP contribution in [-0.2, 0) is 26.4 Å². The largest absolute Gasteiger partial charge is 0.497 e. The summed E-state index contributed by atoms with van der Waals surface area (Å²) >= 11 is 0. The van der Waals surface area contributed by atoms with E-state index in [0.29, 0.717) is 22.1 Å². The number of aryl methyl sites for hydroxylation is 2. The van der Waals surface area contributed by atoms with Crippen molar-refractivity contribution in [3.05, 3.63) is 64.3 Å². The minimum atomic E-state index is -4.19. The summed E-state index contributed by atoms with van der Waals surface area (Å²) in [5.41, 5.74) is 1.65. The number of rotatable bonds is 5. The van der Waals surface area contributed by atoms with E-state index in [9.17, 15) is 13.2 Å². The van der Waals surface area contributed by atoms with Crippen LogP contribution in [-0.4, -0.2) is 45.1 Å². The van der Waals surface area contributed by atoms with Crippen LogP contribution >= 0.6 is 0 Å². The van der Waals surface area contributed by atoms with E-state index in [-0.39, 0.29) is 16.5 Å². The highest BCUT2D eigenvalue weighted by molar-refractivity contribution is 7.90. The summed E-state index contributed by atoms with van der Waals surface area (Å²) in [7, 11) is -3.38.